The highest BCUT2D eigenvalue weighted by molar-refractivity contribution is 5.35. The largest absolute Gasteiger partial charge is 0.493 e. The van der Waals surface area contributed by atoms with Crippen LogP contribution in [-0.4, -0.2) is 22.2 Å². The van der Waals surface area contributed by atoms with Crippen molar-refractivity contribution in [3.63, 3.8) is 0 Å². The van der Waals surface area contributed by atoms with Crippen molar-refractivity contribution >= 4 is 0 Å². The van der Waals surface area contributed by atoms with Gasteiger partial charge in [-0.1, -0.05) is 18.2 Å². The molecule has 2 unspecified atom stereocenters. The first kappa shape index (κ1) is 14.1. The lowest BCUT2D eigenvalue weighted by Gasteiger charge is -2.31. The molecule has 0 amide bonds. The normalized spacial score (nSPS) is 18.9. The van der Waals surface area contributed by atoms with Crippen molar-refractivity contribution in [2.45, 2.75) is 25.3 Å². The van der Waals surface area contributed by atoms with Gasteiger partial charge in [0, 0.05) is 37.8 Å². The number of hydrazine groups is 1. The lowest BCUT2D eigenvalue weighted by Crippen LogP contribution is -2.45. The minimum Gasteiger partial charge on any atom is -0.493 e. The minimum atomic E-state index is 0.232. The van der Waals surface area contributed by atoms with Crippen molar-refractivity contribution in [1.82, 2.24) is 15.0 Å². The molecule has 1 aliphatic heterocycles. The van der Waals surface area contributed by atoms with Crippen LogP contribution < -0.4 is 16.0 Å². The number of aryl methyl sites for hydroxylation is 2. The average molecular weight is 286 g/mol. The monoisotopic (exact) mass is 286 g/mol. The maximum atomic E-state index is 5.86. The maximum Gasteiger partial charge on any atom is 0.122 e. The predicted octanol–water partition coefficient (Wildman–Crippen LogP) is 1.44. The van der Waals surface area contributed by atoms with Crippen LogP contribution in [0.2, 0.25) is 0 Å². The molecule has 0 saturated carbocycles. The molecule has 2 aromatic rings. The van der Waals surface area contributed by atoms with E-state index in [1.54, 1.807) is 0 Å². The number of nitrogens with zero attached hydrogens (tertiary/aromatic N) is 2. The molecule has 1 aromatic heterocycles. The van der Waals surface area contributed by atoms with Gasteiger partial charge < -0.3 is 9.30 Å². The van der Waals surface area contributed by atoms with Crippen molar-refractivity contribution in [3.8, 4) is 5.75 Å². The van der Waals surface area contributed by atoms with Crippen LogP contribution in [0.15, 0.2) is 36.7 Å². The Hall–Kier alpha value is -1.85. The van der Waals surface area contributed by atoms with Crippen LogP contribution in [0.1, 0.15) is 17.8 Å². The molecular formula is C16H22N4O. The van der Waals surface area contributed by atoms with Crippen LogP contribution >= 0.6 is 0 Å². The van der Waals surface area contributed by atoms with Gasteiger partial charge in [-0.25, -0.2) is 4.98 Å². The Morgan fingerprint density at radius 2 is 2.33 bits per heavy atom. The number of hydrogen-bond acceptors (Lipinski definition) is 4. The van der Waals surface area contributed by atoms with Gasteiger partial charge in [-0.15, -0.1) is 0 Å². The summed E-state index contributed by atoms with van der Waals surface area (Å²) >= 11 is 0. The quantitative estimate of drug-likeness (QED) is 0.645. The second-order valence-corrected chi connectivity index (χ2v) is 5.65. The number of para-hydroxylation sites is 1. The number of imidazole rings is 1. The van der Waals surface area contributed by atoms with E-state index in [0.29, 0.717) is 12.5 Å². The van der Waals surface area contributed by atoms with E-state index in [1.165, 1.54) is 5.56 Å². The van der Waals surface area contributed by atoms with Gasteiger partial charge in [0.25, 0.3) is 0 Å². The molecule has 2 atom stereocenters. The number of fused-ring (bicyclic) bond motifs is 1. The van der Waals surface area contributed by atoms with Gasteiger partial charge in [0.05, 0.1) is 6.61 Å². The van der Waals surface area contributed by atoms with Crippen LogP contribution in [0.3, 0.4) is 0 Å². The van der Waals surface area contributed by atoms with Crippen molar-refractivity contribution in [1.29, 1.82) is 0 Å². The summed E-state index contributed by atoms with van der Waals surface area (Å²) in [5.41, 5.74) is 4.24. The summed E-state index contributed by atoms with van der Waals surface area (Å²) in [4.78, 5) is 4.37. The third kappa shape index (κ3) is 3.09. The summed E-state index contributed by atoms with van der Waals surface area (Å²) < 4.78 is 7.92. The minimum absolute atomic E-state index is 0.232. The Morgan fingerprint density at radius 1 is 1.48 bits per heavy atom. The molecule has 1 aliphatic rings. The van der Waals surface area contributed by atoms with Gasteiger partial charge in [0.1, 0.15) is 11.6 Å². The van der Waals surface area contributed by atoms with Gasteiger partial charge in [-0.3, -0.25) is 11.3 Å². The van der Waals surface area contributed by atoms with E-state index in [0.717, 1.165) is 30.8 Å². The van der Waals surface area contributed by atoms with Gasteiger partial charge >= 0.3 is 0 Å². The van der Waals surface area contributed by atoms with Crippen molar-refractivity contribution in [3.05, 3.63) is 48.0 Å². The zero-order valence-corrected chi connectivity index (χ0v) is 12.3. The lowest BCUT2D eigenvalue weighted by molar-refractivity contribution is 0.179. The molecule has 3 N–H and O–H groups in total. The highest BCUT2D eigenvalue weighted by Gasteiger charge is 2.26. The molecule has 1 aromatic carbocycles. The molecule has 0 spiro atoms. The summed E-state index contributed by atoms with van der Waals surface area (Å²) in [5, 5.41) is 0. The number of nitrogens with two attached hydrogens (primary N) is 1. The third-order valence-electron chi connectivity index (χ3n) is 4.29. The molecule has 2 heterocycles. The Bertz CT molecular complexity index is 595. The van der Waals surface area contributed by atoms with Crippen LogP contribution in [0, 0.1) is 5.92 Å². The first-order valence-electron chi connectivity index (χ1n) is 7.41. The Labute approximate surface area is 125 Å². The number of rotatable bonds is 5. The van der Waals surface area contributed by atoms with Crippen LogP contribution in [0.5, 0.6) is 5.75 Å². The lowest BCUT2D eigenvalue weighted by atomic mass is 9.88. The molecule has 0 fully saturated rings. The number of aromatic nitrogens is 2. The topological polar surface area (TPSA) is 65.1 Å². The molecule has 3 rings (SSSR count). The Morgan fingerprint density at radius 3 is 3.10 bits per heavy atom. The van der Waals surface area contributed by atoms with E-state index in [-0.39, 0.29) is 6.04 Å². The van der Waals surface area contributed by atoms with Crippen LogP contribution in [0.25, 0.3) is 0 Å². The summed E-state index contributed by atoms with van der Waals surface area (Å²) in [5.74, 6) is 8.26. The zero-order chi connectivity index (χ0) is 14.7. The summed E-state index contributed by atoms with van der Waals surface area (Å²) in [7, 11) is 2.02. The van der Waals surface area contributed by atoms with Gasteiger partial charge in [0.15, 0.2) is 0 Å². The molecule has 5 nitrogen and oxygen atoms in total. The second-order valence-electron chi connectivity index (χ2n) is 5.65. The average Bonchev–Trinajstić information content (AvgIpc) is 2.93. The molecule has 21 heavy (non-hydrogen) atoms. The van der Waals surface area contributed by atoms with E-state index in [2.05, 4.69) is 27.1 Å². The van der Waals surface area contributed by atoms with Gasteiger partial charge in [-0.05, 0) is 24.5 Å². The molecule has 112 valence electrons. The summed E-state index contributed by atoms with van der Waals surface area (Å²) in [6, 6.07) is 8.47. The van der Waals surface area contributed by atoms with E-state index in [4.69, 9.17) is 10.6 Å². The highest BCUT2D eigenvalue weighted by atomic mass is 16.5. The fourth-order valence-electron chi connectivity index (χ4n) is 2.99. The number of nitrogens with one attached hydrogen (secondary N) is 1. The Balaban J connectivity index is 1.63. The standard InChI is InChI=1S/C16H22N4O/c1-20-9-8-18-16(20)7-6-14(19-17)13-10-12-4-2-3-5-15(12)21-11-13/h2-5,8-9,13-14,19H,6-7,10-11,17H2,1H3. The van der Waals surface area contributed by atoms with Crippen molar-refractivity contribution in [2.24, 2.45) is 18.8 Å². The molecule has 0 radical (unpaired) electrons. The second kappa shape index (κ2) is 6.28. The van der Waals surface area contributed by atoms with E-state index in [9.17, 15) is 0 Å². The molecule has 5 heteroatoms. The number of ether oxygens (including phenoxy) is 1. The molecule has 0 aliphatic carbocycles. The highest BCUT2D eigenvalue weighted by Crippen LogP contribution is 2.29. The maximum absolute atomic E-state index is 5.86. The van der Waals surface area contributed by atoms with E-state index >= 15 is 0 Å². The van der Waals surface area contributed by atoms with Crippen molar-refractivity contribution < 1.29 is 4.74 Å². The van der Waals surface area contributed by atoms with Crippen LogP contribution in [-0.2, 0) is 19.9 Å². The fraction of sp³-hybridized carbons (Fsp3) is 0.438. The molecule has 0 saturated heterocycles. The number of hydrogen-bond donors (Lipinski definition) is 2. The van der Waals surface area contributed by atoms with Gasteiger partial charge in [-0.2, -0.15) is 0 Å². The van der Waals surface area contributed by atoms with E-state index in [1.807, 2.05) is 31.6 Å². The first-order valence-corrected chi connectivity index (χ1v) is 7.41. The smallest absolute Gasteiger partial charge is 0.122 e. The van der Waals surface area contributed by atoms with Gasteiger partial charge in [0.2, 0.25) is 0 Å². The zero-order valence-electron chi connectivity index (χ0n) is 12.3. The predicted molar refractivity (Wildman–Crippen MR) is 81.8 cm³/mol. The molecular weight excluding hydrogens is 264 g/mol. The van der Waals surface area contributed by atoms with Crippen molar-refractivity contribution in [2.75, 3.05) is 6.61 Å². The number of benzene rings is 1. The third-order valence-corrected chi connectivity index (χ3v) is 4.29. The summed E-state index contributed by atoms with van der Waals surface area (Å²) in [6.07, 6.45) is 6.68. The Kier molecular flexibility index (Phi) is 4.22. The van der Waals surface area contributed by atoms with E-state index < -0.39 is 0 Å². The first-order chi connectivity index (χ1) is 10.3. The molecule has 0 bridgehead atoms. The fourth-order valence-corrected chi connectivity index (χ4v) is 2.99. The summed E-state index contributed by atoms with van der Waals surface area (Å²) in [6.45, 7) is 0.715. The SMILES string of the molecule is Cn1ccnc1CCC(NN)C1COc2ccccc2C1. The van der Waals surface area contributed by atoms with Crippen LogP contribution in [0.4, 0.5) is 0 Å².